The van der Waals surface area contributed by atoms with Crippen LogP contribution in [0.5, 0.6) is 0 Å². The number of amides is 2. The minimum atomic E-state index is -0.661. The average Bonchev–Trinajstić information content (AvgIpc) is 2.78. The number of nitrogens with one attached hydrogen (secondary N) is 1. The number of hydrogen-bond acceptors (Lipinski definition) is 4. The molecule has 1 atom stereocenters. The van der Waals surface area contributed by atoms with Gasteiger partial charge in [-0.3, -0.25) is 14.4 Å². The molecule has 1 aliphatic rings. The third kappa shape index (κ3) is 5.78. The van der Waals surface area contributed by atoms with E-state index in [1.807, 2.05) is 35.2 Å². The van der Waals surface area contributed by atoms with Crippen molar-refractivity contribution in [1.29, 1.82) is 0 Å². The van der Waals surface area contributed by atoms with E-state index >= 15 is 0 Å². The Kier molecular flexibility index (Phi) is 7.18. The lowest BCUT2D eigenvalue weighted by molar-refractivity contribution is -0.135. The number of halogens is 1. The molecule has 0 saturated carbocycles. The number of rotatable bonds is 6. The van der Waals surface area contributed by atoms with Gasteiger partial charge in [-0.1, -0.05) is 30.3 Å². The maximum Gasteiger partial charge on any atom is 0.244 e. The second kappa shape index (κ2) is 10.0. The van der Waals surface area contributed by atoms with Crippen LogP contribution in [0.2, 0.25) is 0 Å². The Morgan fingerprint density at radius 3 is 2.32 bits per heavy atom. The van der Waals surface area contributed by atoms with Crippen molar-refractivity contribution >= 4 is 29.4 Å². The zero-order chi connectivity index (χ0) is 22.4. The monoisotopic (exact) mass is 423 g/mol. The second-order valence-corrected chi connectivity index (χ2v) is 7.51. The smallest absolute Gasteiger partial charge is 0.244 e. The molecule has 1 N–H and O–H groups in total. The van der Waals surface area contributed by atoms with Gasteiger partial charge >= 0.3 is 0 Å². The molecule has 7 heteroatoms. The van der Waals surface area contributed by atoms with Gasteiger partial charge in [0.25, 0.3) is 0 Å². The van der Waals surface area contributed by atoms with Crippen LogP contribution in [0, 0.1) is 5.82 Å². The molecule has 1 unspecified atom stereocenters. The van der Waals surface area contributed by atoms with Crippen LogP contribution in [0.15, 0.2) is 54.6 Å². The van der Waals surface area contributed by atoms with Crippen LogP contribution in [0.3, 0.4) is 0 Å². The second-order valence-electron chi connectivity index (χ2n) is 7.51. The zero-order valence-corrected chi connectivity index (χ0v) is 17.7. The molecule has 1 aliphatic heterocycles. The first kappa shape index (κ1) is 22.2. The molecule has 162 valence electrons. The molecule has 2 aromatic rings. The molecule has 0 bridgehead atoms. The standard InChI is InChI=1S/C24H26FN3O3/c1-17(26-23(30)11-8-19-6-4-3-5-7-19)24(31)28-14-12-27(13-15-28)22-10-9-20(18(2)29)16-21(22)25/h3-11,16-17H,12-15H2,1-2H3,(H,26,30)/b11-8+. The number of anilines is 1. The van der Waals surface area contributed by atoms with E-state index in [9.17, 15) is 18.8 Å². The number of carbonyl (C=O) groups excluding carboxylic acids is 3. The summed E-state index contributed by atoms with van der Waals surface area (Å²) in [4.78, 5) is 39.7. The summed E-state index contributed by atoms with van der Waals surface area (Å²) in [7, 11) is 0. The third-order valence-corrected chi connectivity index (χ3v) is 5.24. The molecule has 2 aromatic carbocycles. The molecule has 2 amide bonds. The average molecular weight is 423 g/mol. The third-order valence-electron chi connectivity index (χ3n) is 5.24. The van der Waals surface area contributed by atoms with E-state index in [1.165, 1.54) is 19.1 Å². The van der Waals surface area contributed by atoms with E-state index in [1.54, 1.807) is 30.0 Å². The van der Waals surface area contributed by atoms with Crippen LogP contribution in [0.1, 0.15) is 29.8 Å². The fraction of sp³-hybridized carbons (Fsp3) is 0.292. The van der Waals surface area contributed by atoms with Crippen molar-refractivity contribution in [2.45, 2.75) is 19.9 Å². The normalized spacial score (nSPS) is 15.1. The number of nitrogens with zero attached hydrogens (tertiary/aromatic N) is 2. The van der Waals surface area contributed by atoms with E-state index in [2.05, 4.69) is 5.32 Å². The first-order chi connectivity index (χ1) is 14.8. The number of carbonyl (C=O) groups is 3. The summed E-state index contributed by atoms with van der Waals surface area (Å²) in [5, 5.41) is 2.69. The largest absolute Gasteiger partial charge is 0.366 e. The Morgan fingerprint density at radius 2 is 1.71 bits per heavy atom. The molecule has 31 heavy (non-hydrogen) atoms. The highest BCUT2D eigenvalue weighted by molar-refractivity contribution is 5.95. The van der Waals surface area contributed by atoms with Crippen molar-refractivity contribution in [3.8, 4) is 0 Å². The Balaban J connectivity index is 1.52. The molecule has 1 fully saturated rings. The lowest BCUT2D eigenvalue weighted by Gasteiger charge is -2.37. The summed E-state index contributed by atoms with van der Waals surface area (Å²) in [6, 6.07) is 13.2. The highest BCUT2D eigenvalue weighted by atomic mass is 19.1. The summed E-state index contributed by atoms with van der Waals surface area (Å²) in [6.45, 7) is 4.84. The number of Topliss-reactive ketones (excluding diaryl/α,β-unsaturated/α-hetero) is 1. The van der Waals surface area contributed by atoms with Gasteiger partial charge in [0.15, 0.2) is 5.78 Å². The van der Waals surface area contributed by atoms with Crippen molar-refractivity contribution < 1.29 is 18.8 Å². The maximum absolute atomic E-state index is 14.4. The first-order valence-corrected chi connectivity index (χ1v) is 10.2. The zero-order valence-electron chi connectivity index (χ0n) is 17.7. The Morgan fingerprint density at radius 1 is 1.03 bits per heavy atom. The molecular weight excluding hydrogens is 397 g/mol. The van der Waals surface area contributed by atoms with Crippen LogP contribution in [-0.4, -0.2) is 54.7 Å². The van der Waals surface area contributed by atoms with Gasteiger partial charge in [0.05, 0.1) is 5.69 Å². The van der Waals surface area contributed by atoms with Gasteiger partial charge in [-0.15, -0.1) is 0 Å². The van der Waals surface area contributed by atoms with Gasteiger partial charge < -0.3 is 15.1 Å². The van der Waals surface area contributed by atoms with E-state index in [4.69, 9.17) is 0 Å². The SMILES string of the molecule is CC(=O)c1ccc(N2CCN(C(=O)C(C)NC(=O)/C=C/c3ccccc3)CC2)c(F)c1. The summed E-state index contributed by atoms with van der Waals surface area (Å²) in [5.74, 6) is -1.14. The fourth-order valence-electron chi connectivity index (χ4n) is 3.48. The van der Waals surface area contributed by atoms with E-state index in [0.29, 0.717) is 37.4 Å². The number of benzene rings is 2. The summed E-state index contributed by atoms with van der Waals surface area (Å²) in [5.41, 5.74) is 1.65. The lowest BCUT2D eigenvalue weighted by atomic mass is 10.1. The van der Waals surface area contributed by atoms with Crippen LogP contribution in [0.25, 0.3) is 6.08 Å². The highest BCUT2D eigenvalue weighted by Crippen LogP contribution is 2.22. The molecule has 0 radical (unpaired) electrons. The van der Waals surface area contributed by atoms with Gasteiger partial charge in [-0.2, -0.15) is 0 Å². The van der Waals surface area contributed by atoms with Gasteiger partial charge in [-0.05, 0) is 43.7 Å². The van der Waals surface area contributed by atoms with Gasteiger partial charge in [0, 0.05) is 37.8 Å². The fourth-order valence-corrected chi connectivity index (χ4v) is 3.48. The maximum atomic E-state index is 14.4. The highest BCUT2D eigenvalue weighted by Gasteiger charge is 2.26. The molecule has 0 aliphatic carbocycles. The van der Waals surface area contributed by atoms with E-state index in [0.717, 1.165) is 5.56 Å². The van der Waals surface area contributed by atoms with Crippen molar-refractivity contribution in [3.05, 3.63) is 71.6 Å². The van der Waals surface area contributed by atoms with Crippen molar-refractivity contribution in [3.63, 3.8) is 0 Å². The molecule has 6 nitrogen and oxygen atoms in total. The molecule has 3 rings (SSSR count). The minimum Gasteiger partial charge on any atom is -0.366 e. The Hall–Kier alpha value is -3.48. The van der Waals surface area contributed by atoms with Crippen molar-refractivity contribution in [2.75, 3.05) is 31.1 Å². The van der Waals surface area contributed by atoms with Gasteiger partial charge in [-0.25, -0.2) is 4.39 Å². The molecule has 0 aromatic heterocycles. The van der Waals surface area contributed by atoms with Crippen molar-refractivity contribution in [2.24, 2.45) is 0 Å². The number of piperazine rings is 1. The molecule has 1 saturated heterocycles. The van der Waals surface area contributed by atoms with Crippen LogP contribution < -0.4 is 10.2 Å². The number of hydrogen-bond donors (Lipinski definition) is 1. The summed E-state index contributed by atoms with van der Waals surface area (Å²) >= 11 is 0. The molecule has 1 heterocycles. The summed E-state index contributed by atoms with van der Waals surface area (Å²) in [6.07, 6.45) is 3.10. The van der Waals surface area contributed by atoms with Crippen LogP contribution in [-0.2, 0) is 9.59 Å². The topological polar surface area (TPSA) is 69.7 Å². The Labute approximate surface area is 181 Å². The quantitative estimate of drug-likeness (QED) is 0.573. The number of ketones is 1. The van der Waals surface area contributed by atoms with Crippen molar-refractivity contribution in [1.82, 2.24) is 10.2 Å². The van der Waals surface area contributed by atoms with Gasteiger partial charge in [0.2, 0.25) is 11.8 Å². The van der Waals surface area contributed by atoms with Crippen LogP contribution in [0.4, 0.5) is 10.1 Å². The van der Waals surface area contributed by atoms with Gasteiger partial charge in [0.1, 0.15) is 11.9 Å². The summed E-state index contributed by atoms with van der Waals surface area (Å²) < 4.78 is 14.4. The first-order valence-electron chi connectivity index (χ1n) is 10.2. The van der Waals surface area contributed by atoms with E-state index in [-0.39, 0.29) is 17.6 Å². The van der Waals surface area contributed by atoms with Crippen LogP contribution >= 0.6 is 0 Å². The molecular formula is C24H26FN3O3. The lowest BCUT2D eigenvalue weighted by Crippen LogP contribution is -2.54. The Bertz CT molecular complexity index is 983. The van der Waals surface area contributed by atoms with E-state index < -0.39 is 11.9 Å². The minimum absolute atomic E-state index is 0.173. The predicted octanol–water partition coefficient (Wildman–Crippen LogP) is 2.90. The molecule has 0 spiro atoms. The predicted molar refractivity (Wildman–Crippen MR) is 118 cm³/mol.